The molecule has 2 heterocycles. The molecule has 0 aliphatic carbocycles. The minimum absolute atomic E-state index is 0.129. The van der Waals surface area contributed by atoms with Crippen LogP contribution in [-0.2, 0) is 0 Å². The third-order valence-corrected chi connectivity index (χ3v) is 3.72. The molecule has 0 saturated carbocycles. The minimum atomic E-state index is -0.129. The fraction of sp³-hybridized carbons (Fsp3) is 0. The summed E-state index contributed by atoms with van der Waals surface area (Å²) >= 11 is 0. The van der Waals surface area contributed by atoms with Crippen molar-refractivity contribution in [3.8, 4) is 16.8 Å². The third kappa shape index (κ3) is 1.93. The van der Waals surface area contributed by atoms with E-state index < -0.39 is 0 Å². The number of rotatable bonds is 2. The first-order valence-electron chi connectivity index (χ1n) is 7.03. The zero-order chi connectivity index (χ0) is 14.9. The number of benzene rings is 2. The molecule has 2 aromatic carbocycles. The van der Waals surface area contributed by atoms with Crippen LogP contribution in [0.1, 0.15) is 0 Å². The number of hydrogen-bond donors (Lipinski definition) is 1. The van der Waals surface area contributed by atoms with Gasteiger partial charge >= 0.3 is 0 Å². The molecule has 106 valence electrons. The van der Waals surface area contributed by atoms with Crippen LogP contribution < -0.4 is 5.56 Å². The maximum atomic E-state index is 12.6. The Bertz CT molecular complexity index is 986. The lowest BCUT2D eigenvalue weighted by molar-refractivity contribution is 1.03. The van der Waals surface area contributed by atoms with Gasteiger partial charge in [0.05, 0.1) is 6.33 Å². The maximum Gasteiger partial charge on any atom is 0.273 e. The van der Waals surface area contributed by atoms with Crippen molar-refractivity contribution in [1.29, 1.82) is 0 Å². The normalized spacial score (nSPS) is 10.9. The highest BCUT2D eigenvalue weighted by Crippen LogP contribution is 2.31. The topological polar surface area (TPSA) is 50.7 Å². The van der Waals surface area contributed by atoms with Crippen molar-refractivity contribution in [3.63, 3.8) is 0 Å². The van der Waals surface area contributed by atoms with Crippen LogP contribution in [0.25, 0.3) is 27.7 Å². The summed E-state index contributed by atoms with van der Waals surface area (Å²) in [5, 5.41) is 1.01. The first-order valence-corrected chi connectivity index (χ1v) is 7.03. The molecule has 22 heavy (non-hydrogen) atoms. The highest BCUT2D eigenvalue weighted by atomic mass is 16.1. The van der Waals surface area contributed by atoms with E-state index >= 15 is 0 Å². The second kappa shape index (κ2) is 5.00. The van der Waals surface area contributed by atoms with Crippen molar-refractivity contribution >= 4 is 10.9 Å². The van der Waals surface area contributed by atoms with E-state index in [9.17, 15) is 4.79 Å². The van der Waals surface area contributed by atoms with Gasteiger partial charge in [-0.2, -0.15) is 0 Å². The van der Waals surface area contributed by atoms with Crippen molar-refractivity contribution < 1.29 is 0 Å². The molecule has 0 atom stereocenters. The van der Waals surface area contributed by atoms with Gasteiger partial charge in [-0.25, -0.2) is 4.98 Å². The van der Waals surface area contributed by atoms with Crippen LogP contribution in [0.15, 0.2) is 78.1 Å². The molecule has 0 aliphatic rings. The van der Waals surface area contributed by atoms with Crippen molar-refractivity contribution in [2.24, 2.45) is 0 Å². The van der Waals surface area contributed by atoms with E-state index in [0.29, 0.717) is 5.69 Å². The molecule has 0 bridgehead atoms. The lowest BCUT2D eigenvalue weighted by atomic mass is 9.99. The number of fused-ring (bicyclic) bond motifs is 1. The van der Waals surface area contributed by atoms with Crippen LogP contribution in [0, 0.1) is 0 Å². The van der Waals surface area contributed by atoms with Crippen LogP contribution in [0.4, 0.5) is 0 Å². The Morgan fingerprint density at radius 3 is 2.50 bits per heavy atom. The van der Waals surface area contributed by atoms with Crippen LogP contribution in [0.3, 0.4) is 0 Å². The number of pyridine rings is 1. The molecule has 0 spiro atoms. The minimum Gasteiger partial charge on any atom is -0.320 e. The third-order valence-electron chi connectivity index (χ3n) is 3.72. The summed E-state index contributed by atoms with van der Waals surface area (Å²) in [5.41, 5.74) is 3.21. The predicted molar refractivity (Wildman–Crippen MR) is 87.1 cm³/mol. The van der Waals surface area contributed by atoms with E-state index in [2.05, 4.69) is 9.97 Å². The SMILES string of the molecule is O=c1[nH]c2ccccc2c(-c2ccccc2)c1-n1ccnc1. The summed E-state index contributed by atoms with van der Waals surface area (Å²) in [6, 6.07) is 17.8. The molecular weight excluding hydrogens is 274 g/mol. The van der Waals surface area contributed by atoms with Crippen molar-refractivity contribution in [1.82, 2.24) is 14.5 Å². The van der Waals surface area contributed by atoms with Crippen LogP contribution >= 0.6 is 0 Å². The van der Waals surface area contributed by atoms with E-state index in [1.165, 1.54) is 0 Å². The average Bonchev–Trinajstić information content (AvgIpc) is 3.08. The molecule has 0 aliphatic heterocycles. The van der Waals surface area contributed by atoms with Gasteiger partial charge in [0.25, 0.3) is 5.56 Å². The van der Waals surface area contributed by atoms with Gasteiger partial charge in [-0.3, -0.25) is 4.79 Å². The Labute approximate surface area is 126 Å². The van der Waals surface area contributed by atoms with Gasteiger partial charge < -0.3 is 9.55 Å². The van der Waals surface area contributed by atoms with E-state index in [0.717, 1.165) is 22.0 Å². The molecule has 4 nitrogen and oxygen atoms in total. The van der Waals surface area contributed by atoms with Crippen LogP contribution in [-0.4, -0.2) is 14.5 Å². The standard InChI is InChI=1S/C18H13N3O/c22-18-17(21-11-10-19-12-21)16(13-6-2-1-3-7-13)14-8-4-5-9-15(14)20-18/h1-12H,(H,20,22). The molecule has 0 radical (unpaired) electrons. The molecule has 0 unspecified atom stereocenters. The Kier molecular flexibility index (Phi) is 2.86. The fourth-order valence-electron chi connectivity index (χ4n) is 2.77. The zero-order valence-corrected chi connectivity index (χ0v) is 11.7. The largest absolute Gasteiger partial charge is 0.320 e. The first kappa shape index (κ1) is 12.6. The molecule has 4 rings (SSSR count). The van der Waals surface area contributed by atoms with Gasteiger partial charge in [0.15, 0.2) is 0 Å². The number of aromatic amines is 1. The average molecular weight is 287 g/mol. The van der Waals surface area contributed by atoms with E-state index in [-0.39, 0.29) is 5.56 Å². The Morgan fingerprint density at radius 1 is 0.955 bits per heavy atom. The predicted octanol–water partition coefficient (Wildman–Crippen LogP) is 3.38. The first-order chi connectivity index (χ1) is 10.8. The number of nitrogens with zero attached hydrogens (tertiary/aromatic N) is 2. The highest BCUT2D eigenvalue weighted by Gasteiger charge is 2.15. The fourth-order valence-corrected chi connectivity index (χ4v) is 2.77. The Morgan fingerprint density at radius 2 is 1.73 bits per heavy atom. The zero-order valence-electron chi connectivity index (χ0n) is 11.7. The molecule has 0 amide bonds. The number of hydrogen-bond acceptors (Lipinski definition) is 2. The molecule has 0 fully saturated rings. The monoisotopic (exact) mass is 287 g/mol. The van der Waals surface area contributed by atoms with Crippen molar-refractivity contribution in [2.45, 2.75) is 0 Å². The Hall–Kier alpha value is -3.14. The number of aromatic nitrogens is 3. The Balaban J connectivity index is 2.19. The number of imidazole rings is 1. The molecular formula is C18H13N3O. The van der Waals surface area contributed by atoms with Gasteiger partial charge in [0.2, 0.25) is 0 Å². The van der Waals surface area contributed by atoms with Crippen molar-refractivity contribution in [3.05, 3.63) is 83.7 Å². The summed E-state index contributed by atoms with van der Waals surface area (Å²) in [7, 11) is 0. The summed E-state index contributed by atoms with van der Waals surface area (Å²) in [6.07, 6.45) is 5.10. The molecule has 4 aromatic rings. The lowest BCUT2D eigenvalue weighted by Crippen LogP contribution is -2.15. The lowest BCUT2D eigenvalue weighted by Gasteiger charge is -2.13. The number of H-pyrrole nitrogens is 1. The number of para-hydroxylation sites is 1. The smallest absolute Gasteiger partial charge is 0.273 e. The van der Waals surface area contributed by atoms with E-state index in [1.807, 2.05) is 54.6 Å². The summed E-state index contributed by atoms with van der Waals surface area (Å²) in [6.45, 7) is 0. The molecule has 0 saturated heterocycles. The van der Waals surface area contributed by atoms with Crippen LogP contribution in [0.5, 0.6) is 0 Å². The highest BCUT2D eigenvalue weighted by molar-refractivity contribution is 5.98. The van der Waals surface area contributed by atoms with Crippen LogP contribution in [0.2, 0.25) is 0 Å². The van der Waals surface area contributed by atoms with Gasteiger partial charge in [0.1, 0.15) is 5.69 Å². The van der Waals surface area contributed by atoms with Gasteiger partial charge in [-0.1, -0.05) is 48.5 Å². The molecule has 2 aromatic heterocycles. The molecule has 1 N–H and O–H groups in total. The second-order valence-electron chi connectivity index (χ2n) is 5.06. The van der Waals surface area contributed by atoms with Crippen molar-refractivity contribution in [2.75, 3.05) is 0 Å². The van der Waals surface area contributed by atoms with Gasteiger partial charge in [0, 0.05) is 28.9 Å². The van der Waals surface area contributed by atoms with Gasteiger partial charge in [-0.15, -0.1) is 0 Å². The summed E-state index contributed by atoms with van der Waals surface area (Å²) in [4.78, 5) is 19.6. The molecule has 4 heteroatoms. The van der Waals surface area contributed by atoms with Gasteiger partial charge in [-0.05, 0) is 11.6 Å². The van der Waals surface area contributed by atoms with E-state index in [4.69, 9.17) is 0 Å². The maximum absolute atomic E-state index is 12.6. The number of nitrogens with one attached hydrogen (secondary N) is 1. The summed E-state index contributed by atoms with van der Waals surface area (Å²) < 4.78 is 1.76. The summed E-state index contributed by atoms with van der Waals surface area (Å²) in [5.74, 6) is 0. The quantitative estimate of drug-likeness (QED) is 0.614. The second-order valence-corrected chi connectivity index (χ2v) is 5.06. The van der Waals surface area contributed by atoms with E-state index in [1.54, 1.807) is 23.3 Å².